The predicted octanol–water partition coefficient (Wildman–Crippen LogP) is 1.62. The van der Waals surface area contributed by atoms with Crippen LogP contribution >= 0.6 is 0 Å². The summed E-state index contributed by atoms with van der Waals surface area (Å²) in [7, 11) is 3.52. The van der Waals surface area contributed by atoms with E-state index < -0.39 is 5.60 Å². The molecule has 0 fully saturated rings. The van der Waals surface area contributed by atoms with Gasteiger partial charge in [-0.25, -0.2) is 4.79 Å². The molecule has 0 unspecified atom stereocenters. The van der Waals surface area contributed by atoms with Gasteiger partial charge < -0.3 is 24.8 Å². The Morgan fingerprint density at radius 3 is 2.08 bits per heavy atom. The number of aliphatic imine (C=N–C) groups is 1. The number of nitrogens with zero attached hydrogens (tertiary/aromatic N) is 4. The lowest BCUT2D eigenvalue weighted by Gasteiger charge is -2.26. The minimum atomic E-state index is -0.519. The van der Waals surface area contributed by atoms with Crippen LogP contribution in [0.25, 0.3) is 0 Å². The van der Waals surface area contributed by atoms with Crippen LogP contribution in [0.1, 0.15) is 41.5 Å². The Labute approximate surface area is 158 Å². The van der Waals surface area contributed by atoms with Gasteiger partial charge in [-0.2, -0.15) is 0 Å². The number of hydrogen-bond donors (Lipinski definition) is 1. The fraction of sp³-hybridized carbons (Fsp3) is 0.833. The molecule has 0 atom stereocenters. The van der Waals surface area contributed by atoms with E-state index in [0.29, 0.717) is 38.7 Å². The normalized spacial score (nSPS) is 11.8. The molecule has 0 saturated heterocycles. The molecule has 8 heteroatoms. The molecule has 152 valence electrons. The van der Waals surface area contributed by atoms with Gasteiger partial charge >= 0.3 is 6.09 Å². The second-order valence-corrected chi connectivity index (χ2v) is 7.06. The van der Waals surface area contributed by atoms with Gasteiger partial charge in [-0.05, 0) is 41.5 Å². The zero-order chi connectivity index (χ0) is 20.3. The van der Waals surface area contributed by atoms with E-state index in [9.17, 15) is 9.59 Å². The maximum Gasteiger partial charge on any atom is 0.410 e. The average Bonchev–Trinajstić information content (AvgIpc) is 2.53. The molecule has 0 bridgehead atoms. The fourth-order valence-electron chi connectivity index (χ4n) is 2.16. The highest BCUT2D eigenvalue weighted by Gasteiger charge is 2.19. The average molecular weight is 372 g/mol. The standard InChI is InChI=1S/C18H37N5O3/c1-9-19-16(22(8)14-15(24)23(10-2)11-3)20-12-13-21(7)17(25)26-18(4,5)6/h9-14H2,1-8H3,(H,19,20). The topological polar surface area (TPSA) is 77.5 Å². The third-order valence-corrected chi connectivity index (χ3v) is 3.59. The lowest BCUT2D eigenvalue weighted by molar-refractivity contribution is -0.131. The minimum Gasteiger partial charge on any atom is -0.444 e. The summed E-state index contributed by atoms with van der Waals surface area (Å²) >= 11 is 0. The smallest absolute Gasteiger partial charge is 0.410 e. The molecule has 26 heavy (non-hydrogen) atoms. The lowest BCUT2D eigenvalue weighted by Crippen LogP contribution is -2.46. The highest BCUT2D eigenvalue weighted by atomic mass is 16.6. The third kappa shape index (κ3) is 9.48. The maximum absolute atomic E-state index is 12.3. The van der Waals surface area contributed by atoms with Crippen molar-refractivity contribution in [3.05, 3.63) is 0 Å². The monoisotopic (exact) mass is 371 g/mol. The number of ether oxygens (including phenoxy) is 1. The Morgan fingerprint density at radius 1 is 1.04 bits per heavy atom. The Balaban J connectivity index is 4.73. The first-order valence-corrected chi connectivity index (χ1v) is 9.26. The number of rotatable bonds is 8. The quantitative estimate of drug-likeness (QED) is 0.518. The molecule has 0 aromatic carbocycles. The number of carbonyl (C=O) groups is 2. The van der Waals surface area contributed by atoms with E-state index in [1.807, 2.05) is 48.6 Å². The molecular formula is C18H37N5O3. The van der Waals surface area contributed by atoms with Crippen molar-refractivity contribution in [2.45, 2.75) is 47.1 Å². The summed E-state index contributed by atoms with van der Waals surface area (Å²) in [6.07, 6.45) is -0.372. The SMILES string of the molecule is CCNC(=NCCN(C)C(=O)OC(C)(C)C)N(C)CC(=O)N(CC)CC. The molecule has 0 aromatic rings. The molecule has 2 amide bonds. The second-order valence-electron chi connectivity index (χ2n) is 7.06. The molecular weight excluding hydrogens is 334 g/mol. The van der Waals surface area contributed by atoms with E-state index in [-0.39, 0.29) is 18.5 Å². The highest BCUT2D eigenvalue weighted by Crippen LogP contribution is 2.08. The minimum absolute atomic E-state index is 0.0639. The summed E-state index contributed by atoms with van der Waals surface area (Å²) in [5.41, 5.74) is -0.519. The largest absolute Gasteiger partial charge is 0.444 e. The van der Waals surface area contributed by atoms with Crippen molar-refractivity contribution >= 4 is 18.0 Å². The molecule has 0 radical (unpaired) electrons. The lowest BCUT2D eigenvalue weighted by atomic mass is 10.2. The second kappa shape index (κ2) is 11.6. The van der Waals surface area contributed by atoms with Crippen molar-refractivity contribution in [1.29, 1.82) is 0 Å². The van der Waals surface area contributed by atoms with E-state index in [1.165, 1.54) is 4.90 Å². The molecule has 0 saturated carbocycles. The fourth-order valence-corrected chi connectivity index (χ4v) is 2.16. The number of carbonyl (C=O) groups excluding carboxylic acids is 2. The molecule has 0 spiro atoms. The summed E-state index contributed by atoms with van der Waals surface area (Å²) < 4.78 is 5.32. The number of nitrogens with one attached hydrogen (secondary N) is 1. The van der Waals surface area contributed by atoms with Crippen molar-refractivity contribution in [1.82, 2.24) is 20.0 Å². The van der Waals surface area contributed by atoms with Gasteiger partial charge in [0.25, 0.3) is 0 Å². The molecule has 0 aliphatic rings. The first kappa shape index (κ1) is 24.0. The van der Waals surface area contributed by atoms with Crippen LogP contribution in [0.5, 0.6) is 0 Å². The number of guanidine groups is 1. The molecule has 0 aliphatic heterocycles. The first-order chi connectivity index (χ1) is 12.1. The molecule has 0 aromatic heterocycles. The van der Waals surface area contributed by atoms with Crippen molar-refractivity contribution in [3.8, 4) is 0 Å². The van der Waals surface area contributed by atoms with Crippen molar-refractivity contribution in [2.75, 3.05) is 53.4 Å². The van der Waals surface area contributed by atoms with Crippen molar-refractivity contribution in [2.24, 2.45) is 4.99 Å². The summed E-state index contributed by atoms with van der Waals surface area (Å²) in [5.74, 6) is 0.708. The van der Waals surface area contributed by atoms with Crippen LogP contribution in [-0.2, 0) is 9.53 Å². The van der Waals surface area contributed by atoms with Crippen LogP contribution < -0.4 is 5.32 Å². The zero-order valence-electron chi connectivity index (χ0n) is 17.8. The maximum atomic E-state index is 12.3. The first-order valence-electron chi connectivity index (χ1n) is 9.26. The molecule has 0 aliphatic carbocycles. The number of hydrogen-bond acceptors (Lipinski definition) is 4. The van der Waals surface area contributed by atoms with E-state index >= 15 is 0 Å². The predicted molar refractivity (Wildman–Crippen MR) is 105 cm³/mol. The summed E-state index contributed by atoms with van der Waals surface area (Å²) in [4.78, 5) is 33.8. The van der Waals surface area contributed by atoms with Crippen LogP contribution in [0, 0.1) is 0 Å². The van der Waals surface area contributed by atoms with E-state index in [4.69, 9.17) is 4.74 Å². The Bertz CT molecular complexity index is 470. The van der Waals surface area contributed by atoms with Gasteiger partial charge in [0.05, 0.1) is 13.1 Å². The number of amides is 2. The highest BCUT2D eigenvalue weighted by molar-refractivity contribution is 5.86. The van der Waals surface area contributed by atoms with Crippen LogP contribution in [0.2, 0.25) is 0 Å². The van der Waals surface area contributed by atoms with E-state index in [1.54, 1.807) is 16.8 Å². The Kier molecular flexibility index (Phi) is 10.7. The van der Waals surface area contributed by atoms with Gasteiger partial charge in [-0.3, -0.25) is 9.79 Å². The molecule has 8 nitrogen and oxygen atoms in total. The summed E-state index contributed by atoms with van der Waals surface area (Å²) in [5, 5.41) is 3.17. The van der Waals surface area contributed by atoms with Gasteiger partial charge in [-0.15, -0.1) is 0 Å². The molecule has 1 N–H and O–H groups in total. The number of likely N-dealkylation sites (N-methyl/N-ethyl adjacent to an activating group) is 3. The summed E-state index contributed by atoms with van der Waals surface area (Å²) in [6.45, 7) is 14.6. The van der Waals surface area contributed by atoms with Gasteiger partial charge in [0.1, 0.15) is 5.60 Å². The van der Waals surface area contributed by atoms with Crippen LogP contribution in [0.15, 0.2) is 4.99 Å². The zero-order valence-corrected chi connectivity index (χ0v) is 17.8. The van der Waals surface area contributed by atoms with Crippen LogP contribution in [0.4, 0.5) is 4.79 Å². The van der Waals surface area contributed by atoms with Gasteiger partial charge in [0.2, 0.25) is 5.91 Å². The molecule has 0 heterocycles. The van der Waals surface area contributed by atoms with Gasteiger partial charge in [0.15, 0.2) is 5.96 Å². The van der Waals surface area contributed by atoms with Crippen LogP contribution in [0.3, 0.4) is 0 Å². The Hall–Kier alpha value is -1.99. The molecule has 0 rings (SSSR count). The third-order valence-electron chi connectivity index (χ3n) is 3.59. The van der Waals surface area contributed by atoms with Gasteiger partial charge in [0, 0.05) is 40.3 Å². The van der Waals surface area contributed by atoms with Crippen molar-refractivity contribution < 1.29 is 14.3 Å². The summed E-state index contributed by atoms with van der Waals surface area (Å²) in [6, 6.07) is 0. The van der Waals surface area contributed by atoms with E-state index in [2.05, 4.69) is 10.3 Å². The van der Waals surface area contributed by atoms with Gasteiger partial charge in [-0.1, -0.05) is 0 Å². The Morgan fingerprint density at radius 2 is 1.62 bits per heavy atom. The van der Waals surface area contributed by atoms with Crippen LogP contribution in [-0.4, -0.2) is 91.6 Å². The van der Waals surface area contributed by atoms with E-state index in [0.717, 1.165) is 0 Å². The van der Waals surface area contributed by atoms with Crippen molar-refractivity contribution in [3.63, 3.8) is 0 Å².